The Morgan fingerprint density at radius 2 is 0.600 bits per heavy atom. The average Bonchev–Trinajstić information content (AvgIpc) is 1.51. The molecule has 3 atom stereocenters. The highest BCUT2D eigenvalue weighted by molar-refractivity contribution is 6.12. The van der Waals surface area contributed by atoms with Crippen LogP contribution in [0.3, 0.4) is 0 Å². The van der Waals surface area contributed by atoms with E-state index in [1.165, 1.54) is 166 Å². The fourth-order valence-electron chi connectivity index (χ4n) is 19.4. The molecule has 24 rings (SSSR count). The van der Waals surface area contributed by atoms with E-state index >= 15 is 0 Å². The fourth-order valence-corrected chi connectivity index (χ4v) is 19.4. The summed E-state index contributed by atoms with van der Waals surface area (Å²) < 4.78 is 9.82. The molecule has 0 saturated heterocycles. The standard InChI is InChI=1S/2C32H22N2.C30H20N2/c1-3-12-24(13-4-1)34(25-14-5-2-6-15-25)29-17-9-11-23-18-20-26-28-21-19-22-10-7-8-16-27(22)33(28)32(34)31(26)30(23)29;1-3-13-25(14-4-1)34(26-15-5-2-6-16-26)30-17-9-12-22-18-19-29-27-20-23-10-7-8-11-24(23)21-28(27)32(34)33(29)31(22)30;1-3-11-23(12-4-1)32(24-13-5-2-6-14-24)26-16-8-10-21-19-22-18-17-20-9-7-15-25-27(20)29(22)31(28(21)26)30(25)32/h2*1-21,32H;1-19,30H/q3*+2. The summed E-state index contributed by atoms with van der Waals surface area (Å²) in [6.45, 7) is 0. The van der Waals surface area contributed by atoms with Crippen LogP contribution in [0, 0.1) is 0 Å². The molecule has 9 heterocycles. The number of fused-ring (bicyclic) bond motifs is 10. The van der Waals surface area contributed by atoms with Crippen molar-refractivity contribution in [3.05, 3.63) is 387 Å². The molecule has 100 heavy (non-hydrogen) atoms. The van der Waals surface area contributed by atoms with Crippen LogP contribution in [0.25, 0.3) is 98.4 Å². The van der Waals surface area contributed by atoms with E-state index in [1.807, 2.05) is 0 Å². The van der Waals surface area contributed by atoms with Gasteiger partial charge in [0, 0.05) is 120 Å². The van der Waals surface area contributed by atoms with Crippen molar-refractivity contribution in [1.29, 1.82) is 0 Å². The van der Waals surface area contributed by atoms with Crippen molar-refractivity contribution >= 4 is 127 Å². The first-order chi connectivity index (χ1) is 49.6. The maximum Gasteiger partial charge on any atom is 0.328 e. The summed E-state index contributed by atoms with van der Waals surface area (Å²) in [7, 11) is 0. The molecule has 0 N–H and O–H groups in total. The van der Waals surface area contributed by atoms with E-state index in [-0.39, 0.29) is 18.5 Å². The van der Waals surface area contributed by atoms with Crippen LogP contribution in [0.4, 0.5) is 51.2 Å². The number of nitrogens with zero attached hydrogens (tertiary/aromatic N) is 6. The van der Waals surface area contributed by atoms with Crippen LogP contribution in [0.1, 0.15) is 35.2 Å². The van der Waals surface area contributed by atoms with Crippen molar-refractivity contribution in [2.75, 3.05) is 0 Å². The maximum atomic E-state index is 2.64. The summed E-state index contributed by atoms with van der Waals surface area (Å²) in [4.78, 5) is 0. The minimum Gasteiger partial charge on any atom is -0.164 e. The molecule has 0 spiro atoms. The Bertz CT molecular complexity index is 6340. The minimum atomic E-state index is 0.0852. The molecule has 3 unspecified atom stereocenters. The summed E-state index contributed by atoms with van der Waals surface area (Å²) in [6.07, 6.45) is 0.312. The normalized spacial score (nSPS) is 16.9. The quantitative estimate of drug-likeness (QED) is 0.0681. The highest BCUT2D eigenvalue weighted by Gasteiger charge is 2.66. The third-order valence-electron chi connectivity index (χ3n) is 23.1. The Morgan fingerprint density at radius 1 is 0.210 bits per heavy atom. The van der Waals surface area contributed by atoms with Gasteiger partial charge in [0.1, 0.15) is 39.7 Å². The Hall–Kier alpha value is -12.6. The summed E-state index contributed by atoms with van der Waals surface area (Å²) >= 11 is 0. The number of benzene rings is 15. The second kappa shape index (κ2) is 20.7. The van der Waals surface area contributed by atoms with Crippen LogP contribution in [0.15, 0.2) is 370 Å². The zero-order valence-corrected chi connectivity index (χ0v) is 54.6. The molecule has 0 aliphatic carbocycles. The molecule has 3 aromatic heterocycles. The lowest BCUT2D eigenvalue weighted by Crippen LogP contribution is -2.54. The minimum absolute atomic E-state index is 0.0852. The Morgan fingerprint density at radius 3 is 1.18 bits per heavy atom. The van der Waals surface area contributed by atoms with E-state index < -0.39 is 0 Å². The molecule has 0 saturated carbocycles. The van der Waals surface area contributed by atoms with Gasteiger partial charge in [-0.3, -0.25) is 0 Å². The molecular formula is C94H64N6+6. The van der Waals surface area contributed by atoms with E-state index in [9.17, 15) is 0 Å². The van der Waals surface area contributed by atoms with Gasteiger partial charge in [0.2, 0.25) is 33.8 Å². The van der Waals surface area contributed by atoms with Crippen LogP contribution in [-0.2, 0) is 0 Å². The maximum absolute atomic E-state index is 2.64. The van der Waals surface area contributed by atoms with Gasteiger partial charge < -0.3 is 0 Å². The van der Waals surface area contributed by atoms with Gasteiger partial charge in [-0.1, -0.05) is 194 Å². The topological polar surface area (TPSA) is 11.6 Å². The molecule has 15 aromatic carbocycles. The van der Waals surface area contributed by atoms with Gasteiger partial charge in [0.25, 0.3) is 11.0 Å². The molecule has 0 radical (unpaired) electrons. The van der Waals surface area contributed by atoms with Crippen LogP contribution in [0.2, 0.25) is 0 Å². The van der Waals surface area contributed by atoms with Crippen LogP contribution in [-0.4, -0.2) is 0 Å². The van der Waals surface area contributed by atoms with Gasteiger partial charge in [-0.2, -0.15) is 13.4 Å². The van der Waals surface area contributed by atoms with Gasteiger partial charge >= 0.3 is 18.5 Å². The number of quaternary nitrogens is 3. The molecule has 6 aliphatic heterocycles. The van der Waals surface area contributed by atoms with Gasteiger partial charge in [0.05, 0.1) is 43.8 Å². The van der Waals surface area contributed by atoms with Crippen molar-refractivity contribution in [1.82, 2.24) is 13.4 Å². The first-order valence-electron chi connectivity index (χ1n) is 35.0. The highest BCUT2D eigenvalue weighted by atomic mass is 15.5. The highest BCUT2D eigenvalue weighted by Crippen LogP contribution is 2.64. The fraction of sp³-hybridized carbons (Fsp3) is 0.0319. The zero-order chi connectivity index (χ0) is 65.4. The third kappa shape index (κ3) is 7.08. The second-order valence-corrected chi connectivity index (χ2v) is 27.6. The first kappa shape index (κ1) is 55.6. The van der Waals surface area contributed by atoms with Crippen molar-refractivity contribution in [2.24, 2.45) is 0 Å². The van der Waals surface area contributed by atoms with Gasteiger partial charge in [0.15, 0.2) is 5.69 Å². The predicted molar refractivity (Wildman–Crippen MR) is 410 cm³/mol. The molecule has 464 valence electrons. The Balaban J connectivity index is 0.0000000955. The third-order valence-corrected chi connectivity index (χ3v) is 23.1. The molecule has 0 amide bonds. The summed E-state index contributed by atoms with van der Waals surface area (Å²) in [5.74, 6) is 0. The average molecular weight is 1280 g/mol. The molecule has 0 bridgehead atoms. The monoisotopic (exact) mass is 1280 g/mol. The number of pyridine rings is 3. The van der Waals surface area contributed by atoms with Crippen molar-refractivity contribution in [3.63, 3.8) is 0 Å². The van der Waals surface area contributed by atoms with Crippen LogP contribution < -0.4 is 27.2 Å². The Labute approximate surface area is 578 Å². The van der Waals surface area contributed by atoms with Crippen molar-refractivity contribution in [2.45, 2.75) is 18.5 Å². The molecule has 6 nitrogen and oxygen atoms in total. The predicted octanol–water partition coefficient (Wildman–Crippen LogP) is 22.9. The van der Waals surface area contributed by atoms with Crippen molar-refractivity contribution < 1.29 is 13.7 Å². The zero-order valence-electron chi connectivity index (χ0n) is 54.6. The number of rotatable bonds is 6. The molecule has 0 fully saturated rings. The van der Waals surface area contributed by atoms with E-state index in [0.717, 1.165) is 0 Å². The van der Waals surface area contributed by atoms with Crippen LogP contribution in [0.5, 0.6) is 0 Å². The Kier molecular flexibility index (Phi) is 11.5. The number of hydrogen-bond donors (Lipinski definition) is 0. The van der Waals surface area contributed by atoms with Crippen molar-refractivity contribution in [3.8, 4) is 22.5 Å². The second-order valence-electron chi connectivity index (χ2n) is 27.6. The summed E-state index contributed by atoms with van der Waals surface area (Å²) in [5, 5.41) is 13.2. The smallest absolute Gasteiger partial charge is 0.164 e. The largest absolute Gasteiger partial charge is 0.328 e. The van der Waals surface area contributed by atoms with E-state index in [2.05, 4.69) is 384 Å². The van der Waals surface area contributed by atoms with E-state index in [4.69, 9.17) is 0 Å². The number of aromatic nitrogens is 3. The SMILES string of the molecule is c1ccc([N+]2(c3ccccc3)c3cccc4cc5ccc6cccc7c6c5[n+](c34)C72)cc1.c1ccc([N+]2(c3ccccc3)c3cccc4ccc5[n+](c34)C2c2cc3ccccc3cc2-5)cc1.c1ccc([N+]2(c3ccccc3)c3cccc4ccc5c(c34)C2[n+]2c-5ccc3ccccc32)cc1. The van der Waals surface area contributed by atoms with Gasteiger partial charge in [-0.15, -0.1) is 13.7 Å². The van der Waals surface area contributed by atoms with Gasteiger partial charge in [-0.25, -0.2) is 0 Å². The van der Waals surface area contributed by atoms with Gasteiger partial charge in [-0.05, 0) is 88.3 Å². The molecule has 18 aromatic rings. The molecule has 6 heteroatoms. The lowest BCUT2D eigenvalue weighted by Gasteiger charge is -2.35. The lowest BCUT2D eigenvalue weighted by atomic mass is 9.96. The van der Waals surface area contributed by atoms with E-state index in [1.54, 1.807) is 0 Å². The first-order valence-corrected chi connectivity index (χ1v) is 35.0. The number of para-hydroxylation sites is 9. The molecular weight excluding hydrogens is 1210 g/mol. The summed E-state index contributed by atoms with van der Waals surface area (Å²) in [6, 6.07) is 137. The van der Waals surface area contributed by atoms with E-state index in [0.29, 0.717) is 13.4 Å². The molecule has 6 aliphatic rings. The van der Waals surface area contributed by atoms with Crippen LogP contribution >= 0.6 is 0 Å². The lowest BCUT2D eigenvalue weighted by molar-refractivity contribution is -0.685. The summed E-state index contributed by atoms with van der Waals surface area (Å²) in [5.41, 5.74) is 26.6. The number of hydrogen-bond acceptors (Lipinski definition) is 0.